The minimum atomic E-state index is -0.627. The SMILES string of the molecule is CC(C)(C)OC(=O)N1CCC(c2cc(Br)c(F)cc2F)C1. The molecule has 0 spiro atoms. The Morgan fingerprint density at radius 2 is 2.00 bits per heavy atom. The molecule has 0 N–H and O–H groups in total. The molecule has 1 amide bonds. The number of hydrogen-bond donors (Lipinski definition) is 0. The van der Waals surface area contributed by atoms with Crippen molar-refractivity contribution in [2.24, 2.45) is 0 Å². The summed E-state index contributed by atoms with van der Waals surface area (Å²) in [7, 11) is 0. The lowest BCUT2D eigenvalue weighted by Crippen LogP contribution is -2.35. The van der Waals surface area contributed by atoms with Gasteiger partial charge in [-0.25, -0.2) is 13.6 Å². The molecular formula is C15H18BrF2NO2. The van der Waals surface area contributed by atoms with Gasteiger partial charge in [0, 0.05) is 25.1 Å². The Balaban J connectivity index is 2.09. The minimum Gasteiger partial charge on any atom is -0.444 e. The van der Waals surface area contributed by atoms with Crippen LogP contribution in [0.2, 0.25) is 0 Å². The van der Waals surface area contributed by atoms with Crippen LogP contribution in [0.4, 0.5) is 13.6 Å². The number of carbonyl (C=O) groups excluding carboxylic acids is 1. The first-order chi connectivity index (χ1) is 9.67. The molecule has 1 atom stereocenters. The molecule has 116 valence electrons. The smallest absolute Gasteiger partial charge is 0.410 e. The second-order valence-electron chi connectivity index (χ2n) is 6.20. The summed E-state index contributed by atoms with van der Waals surface area (Å²) < 4.78 is 32.7. The fraction of sp³-hybridized carbons (Fsp3) is 0.533. The molecule has 1 fully saturated rings. The van der Waals surface area contributed by atoms with E-state index in [0.29, 0.717) is 25.1 Å². The molecule has 1 unspecified atom stereocenters. The average molecular weight is 362 g/mol. The number of rotatable bonds is 1. The summed E-state index contributed by atoms with van der Waals surface area (Å²) in [5.41, 5.74) is -0.131. The van der Waals surface area contributed by atoms with Crippen LogP contribution >= 0.6 is 15.9 Å². The van der Waals surface area contributed by atoms with Gasteiger partial charge in [0.1, 0.15) is 17.2 Å². The molecule has 1 heterocycles. The molecule has 0 saturated carbocycles. The fourth-order valence-corrected chi connectivity index (χ4v) is 2.72. The molecule has 1 aliphatic heterocycles. The van der Waals surface area contributed by atoms with E-state index in [9.17, 15) is 13.6 Å². The molecular weight excluding hydrogens is 344 g/mol. The first-order valence-corrected chi connectivity index (χ1v) is 7.59. The molecule has 0 aromatic heterocycles. The normalized spacial score (nSPS) is 19.0. The number of hydrogen-bond acceptors (Lipinski definition) is 2. The van der Waals surface area contributed by atoms with Crippen LogP contribution in [-0.4, -0.2) is 29.7 Å². The molecule has 0 bridgehead atoms. The summed E-state index contributed by atoms with van der Waals surface area (Å²) in [6, 6.07) is 2.32. The highest BCUT2D eigenvalue weighted by molar-refractivity contribution is 9.10. The third-order valence-electron chi connectivity index (χ3n) is 3.32. The van der Waals surface area contributed by atoms with Crippen LogP contribution in [0.1, 0.15) is 38.7 Å². The zero-order valence-electron chi connectivity index (χ0n) is 12.3. The van der Waals surface area contributed by atoms with Crippen LogP contribution in [0, 0.1) is 11.6 Å². The predicted molar refractivity (Wildman–Crippen MR) is 79.2 cm³/mol. The number of amides is 1. The van der Waals surface area contributed by atoms with Crippen molar-refractivity contribution in [2.45, 2.75) is 38.7 Å². The topological polar surface area (TPSA) is 29.5 Å². The maximum absolute atomic E-state index is 13.9. The van der Waals surface area contributed by atoms with Crippen LogP contribution in [0.15, 0.2) is 16.6 Å². The van der Waals surface area contributed by atoms with Crippen LogP contribution < -0.4 is 0 Å². The van der Waals surface area contributed by atoms with Crippen LogP contribution in [-0.2, 0) is 4.74 Å². The second kappa shape index (κ2) is 5.91. The fourth-order valence-electron chi connectivity index (χ4n) is 2.36. The van der Waals surface area contributed by atoms with Crippen molar-refractivity contribution in [3.05, 3.63) is 33.8 Å². The quantitative estimate of drug-likeness (QED) is 0.691. The van der Waals surface area contributed by atoms with E-state index in [2.05, 4.69) is 15.9 Å². The average Bonchev–Trinajstić information content (AvgIpc) is 2.81. The molecule has 0 radical (unpaired) electrons. The Morgan fingerprint density at radius 1 is 1.33 bits per heavy atom. The molecule has 0 aliphatic carbocycles. The lowest BCUT2D eigenvalue weighted by atomic mass is 9.98. The van der Waals surface area contributed by atoms with Gasteiger partial charge in [0.15, 0.2) is 0 Å². The van der Waals surface area contributed by atoms with Gasteiger partial charge in [0.2, 0.25) is 0 Å². The zero-order chi connectivity index (χ0) is 15.8. The van der Waals surface area contributed by atoms with E-state index in [1.54, 1.807) is 25.7 Å². The van der Waals surface area contributed by atoms with Crippen molar-refractivity contribution in [1.29, 1.82) is 0 Å². The molecule has 3 nitrogen and oxygen atoms in total. The van der Waals surface area contributed by atoms with Gasteiger partial charge in [0.05, 0.1) is 4.47 Å². The molecule has 1 saturated heterocycles. The number of ether oxygens (including phenoxy) is 1. The maximum atomic E-state index is 13.9. The van der Waals surface area contributed by atoms with Gasteiger partial charge in [0.25, 0.3) is 0 Å². The number of halogens is 3. The predicted octanol–water partition coefficient (Wildman–Crippen LogP) is 4.45. The van der Waals surface area contributed by atoms with Crippen molar-refractivity contribution in [2.75, 3.05) is 13.1 Å². The van der Waals surface area contributed by atoms with E-state index in [1.165, 1.54) is 6.07 Å². The number of benzene rings is 1. The van der Waals surface area contributed by atoms with Gasteiger partial charge < -0.3 is 9.64 Å². The van der Waals surface area contributed by atoms with Crippen LogP contribution in [0.5, 0.6) is 0 Å². The number of carbonyl (C=O) groups is 1. The lowest BCUT2D eigenvalue weighted by Gasteiger charge is -2.24. The summed E-state index contributed by atoms with van der Waals surface area (Å²) in [6.45, 7) is 6.29. The van der Waals surface area contributed by atoms with Crippen molar-refractivity contribution < 1.29 is 18.3 Å². The van der Waals surface area contributed by atoms with Crippen molar-refractivity contribution in [3.8, 4) is 0 Å². The van der Waals surface area contributed by atoms with Gasteiger partial charge in [-0.1, -0.05) is 0 Å². The first-order valence-electron chi connectivity index (χ1n) is 6.80. The van der Waals surface area contributed by atoms with E-state index in [1.807, 2.05) is 0 Å². The zero-order valence-corrected chi connectivity index (χ0v) is 13.8. The Kier molecular flexibility index (Phi) is 4.56. The largest absolute Gasteiger partial charge is 0.444 e. The van der Waals surface area contributed by atoms with Crippen molar-refractivity contribution in [1.82, 2.24) is 4.90 Å². The standard InChI is InChI=1S/C15H18BrF2NO2/c1-15(2,3)21-14(20)19-5-4-9(8-19)10-6-11(16)13(18)7-12(10)17/h6-7,9H,4-5,8H2,1-3H3. The maximum Gasteiger partial charge on any atom is 0.410 e. The van der Waals surface area contributed by atoms with E-state index in [0.717, 1.165) is 6.07 Å². The van der Waals surface area contributed by atoms with Gasteiger partial charge in [-0.15, -0.1) is 0 Å². The second-order valence-corrected chi connectivity index (χ2v) is 7.05. The summed E-state index contributed by atoms with van der Waals surface area (Å²) >= 11 is 3.06. The summed E-state index contributed by atoms with van der Waals surface area (Å²) in [5, 5.41) is 0. The molecule has 6 heteroatoms. The molecule has 2 rings (SSSR count). The van der Waals surface area contributed by atoms with Crippen LogP contribution in [0.3, 0.4) is 0 Å². The third kappa shape index (κ3) is 3.93. The highest BCUT2D eigenvalue weighted by atomic mass is 79.9. The first kappa shape index (κ1) is 16.2. The lowest BCUT2D eigenvalue weighted by molar-refractivity contribution is 0.0292. The Labute approximate surface area is 131 Å². The molecule has 1 aromatic rings. The summed E-state index contributed by atoms with van der Waals surface area (Å²) in [5.74, 6) is -1.35. The molecule has 1 aromatic carbocycles. The van der Waals surface area contributed by atoms with Gasteiger partial charge in [-0.2, -0.15) is 0 Å². The monoisotopic (exact) mass is 361 g/mol. The minimum absolute atomic E-state index is 0.144. The van der Waals surface area contributed by atoms with Crippen LogP contribution in [0.25, 0.3) is 0 Å². The van der Waals surface area contributed by atoms with E-state index >= 15 is 0 Å². The van der Waals surface area contributed by atoms with Crippen molar-refractivity contribution in [3.63, 3.8) is 0 Å². The Morgan fingerprint density at radius 3 is 2.62 bits per heavy atom. The highest BCUT2D eigenvalue weighted by Gasteiger charge is 2.32. The highest BCUT2D eigenvalue weighted by Crippen LogP contribution is 2.32. The summed E-state index contributed by atoms with van der Waals surface area (Å²) in [4.78, 5) is 13.5. The number of likely N-dealkylation sites (tertiary alicyclic amines) is 1. The molecule has 21 heavy (non-hydrogen) atoms. The van der Waals surface area contributed by atoms with E-state index in [4.69, 9.17) is 4.74 Å². The van der Waals surface area contributed by atoms with E-state index < -0.39 is 23.3 Å². The van der Waals surface area contributed by atoms with Gasteiger partial charge in [-0.05, 0) is 54.8 Å². The third-order valence-corrected chi connectivity index (χ3v) is 3.93. The Hall–Kier alpha value is -1.17. The molecule has 1 aliphatic rings. The van der Waals surface area contributed by atoms with E-state index in [-0.39, 0.29) is 10.4 Å². The number of nitrogens with zero attached hydrogens (tertiary/aromatic N) is 1. The Bertz CT molecular complexity index is 557. The van der Waals surface area contributed by atoms with Gasteiger partial charge >= 0.3 is 6.09 Å². The van der Waals surface area contributed by atoms with Crippen molar-refractivity contribution >= 4 is 22.0 Å². The summed E-state index contributed by atoms with van der Waals surface area (Å²) in [6.07, 6.45) is 0.236. The van der Waals surface area contributed by atoms with Gasteiger partial charge in [-0.3, -0.25) is 0 Å².